The fraction of sp³-hybridized carbons (Fsp3) is 0.273. The van der Waals surface area contributed by atoms with E-state index in [2.05, 4.69) is 0 Å². The molecular weight excluding hydrogens is 214 g/mol. The molecule has 0 bridgehead atoms. The molecule has 0 saturated carbocycles. The van der Waals surface area contributed by atoms with E-state index in [1.807, 2.05) is 0 Å². The first-order valence-electron chi connectivity index (χ1n) is 4.37. The molecule has 0 amide bonds. The first kappa shape index (κ1) is 11.5. The van der Waals surface area contributed by atoms with Gasteiger partial charge >= 0.3 is 5.97 Å². The highest BCUT2D eigenvalue weighted by Crippen LogP contribution is 2.26. The number of nitrogens with zero attached hydrogens (tertiary/aromatic N) is 1. The molecule has 0 aliphatic rings. The van der Waals surface area contributed by atoms with E-state index in [1.54, 1.807) is 30.3 Å². The normalized spacial score (nSPS) is 13.9. The Kier molecular flexibility index (Phi) is 3.33. The van der Waals surface area contributed by atoms with E-state index in [-0.39, 0.29) is 6.42 Å². The van der Waals surface area contributed by atoms with Crippen LogP contribution in [0.25, 0.3) is 0 Å². The van der Waals surface area contributed by atoms with Gasteiger partial charge in [-0.15, -0.1) is 0 Å². The Morgan fingerprint density at radius 1 is 1.60 bits per heavy atom. The Hall–Kier alpha value is -1.53. The number of carbonyl (C=O) groups is 1. The lowest BCUT2D eigenvalue weighted by Crippen LogP contribution is -2.28. The molecule has 1 N–H and O–H groups in total. The standard InChI is InChI=1S/C11H10ClNO2/c1-11(7-13,10(14)15)6-8-4-2-3-5-9(8)12/h2-5H,6H2,1H3,(H,14,15)/t11-/m1/s1. The summed E-state index contributed by atoms with van der Waals surface area (Å²) in [7, 11) is 0. The molecule has 78 valence electrons. The highest BCUT2D eigenvalue weighted by atomic mass is 35.5. The quantitative estimate of drug-likeness (QED) is 0.857. The number of benzene rings is 1. The van der Waals surface area contributed by atoms with Gasteiger partial charge in [0.1, 0.15) is 0 Å². The van der Waals surface area contributed by atoms with Crippen LogP contribution in [0.3, 0.4) is 0 Å². The van der Waals surface area contributed by atoms with Crippen LogP contribution in [0.4, 0.5) is 0 Å². The number of hydrogen-bond acceptors (Lipinski definition) is 2. The molecule has 1 aromatic carbocycles. The summed E-state index contributed by atoms with van der Waals surface area (Å²) in [5.74, 6) is -1.13. The molecule has 0 aliphatic carbocycles. The van der Waals surface area contributed by atoms with Crippen molar-refractivity contribution in [2.45, 2.75) is 13.3 Å². The van der Waals surface area contributed by atoms with E-state index in [4.69, 9.17) is 22.0 Å². The van der Waals surface area contributed by atoms with Gasteiger partial charge in [0.25, 0.3) is 0 Å². The monoisotopic (exact) mass is 223 g/mol. The highest BCUT2D eigenvalue weighted by molar-refractivity contribution is 6.31. The van der Waals surface area contributed by atoms with E-state index in [1.165, 1.54) is 6.92 Å². The average molecular weight is 224 g/mol. The molecule has 1 aromatic rings. The first-order valence-corrected chi connectivity index (χ1v) is 4.75. The Morgan fingerprint density at radius 3 is 2.67 bits per heavy atom. The van der Waals surface area contributed by atoms with Crippen molar-refractivity contribution in [1.82, 2.24) is 0 Å². The second-order valence-electron chi connectivity index (χ2n) is 3.52. The Labute approximate surface area is 92.9 Å². The van der Waals surface area contributed by atoms with E-state index < -0.39 is 11.4 Å². The number of aliphatic carboxylic acids is 1. The zero-order chi connectivity index (χ0) is 11.5. The summed E-state index contributed by atoms with van der Waals surface area (Å²) in [5.41, 5.74) is -0.754. The van der Waals surface area contributed by atoms with Crippen molar-refractivity contribution >= 4 is 17.6 Å². The van der Waals surface area contributed by atoms with E-state index in [0.29, 0.717) is 10.6 Å². The smallest absolute Gasteiger partial charge is 0.324 e. The molecule has 0 radical (unpaired) electrons. The van der Waals surface area contributed by atoms with Crippen LogP contribution in [0, 0.1) is 16.7 Å². The second kappa shape index (κ2) is 4.33. The van der Waals surface area contributed by atoms with Crippen molar-refractivity contribution in [2.75, 3.05) is 0 Å². The van der Waals surface area contributed by atoms with Crippen molar-refractivity contribution in [3.05, 3.63) is 34.9 Å². The molecule has 0 aromatic heterocycles. The number of rotatable bonds is 3. The van der Waals surface area contributed by atoms with Gasteiger partial charge in [0.05, 0.1) is 6.07 Å². The molecule has 0 fully saturated rings. The predicted octanol–water partition coefficient (Wildman–Crippen LogP) is 2.50. The third-order valence-corrected chi connectivity index (χ3v) is 2.59. The van der Waals surface area contributed by atoms with Crippen LogP contribution in [-0.4, -0.2) is 11.1 Å². The Bertz CT molecular complexity index is 425. The number of carboxylic acids is 1. The van der Waals surface area contributed by atoms with Gasteiger partial charge in [-0.3, -0.25) is 4.79 Å². The summed E-state index contributed by atoms with van der Waals surface area (Å²) in [6.45, 7) is 1.39. The van der Waals surface area contributed by atoms with Gasteiger partial charge in [0, 0.05) is 11.4 Å². The molecule has 0 spiro atoms. The lowest BCUT2D eigenvalue weighted by molar-refractivity contribution is -0.144. The second-order valence-corrected chi connectivity index (χ2v) is 3.92. The van der Waals surface area contributed by atoms with Gasteiger partial charge < -0.3 is 5.11 Å². The molecule has 3 nitrogen and oxygen atoms in total. The summed E-state index contributed by atoms with van der Waals surface area (Å²) in [6.07, 6.45) is 0.110. The minimum atomic E-state index is -1.43. The Morgan fingerprint density at radius 2 is 2.20 bits per heavy atom. The van der Waals surface area contributed by atoms with E-state index in [9.17, 15) is 4.79 Å². The summed E-state index contributed by atoms with van der Waals surface area (Å²) in [6, 6.07) is 8.72. The average Bonchev–Trinajstić information content (AvgIpc) is 2.21. The third-order valence-electron chi connectivity index (χ3n) is 2.22. The summed E-state index contributed by atoms with van der Waals surface area (Å²) in [4.78, 5) is 10.9. The molecule has 1 atom stereocenters. The number of hydrogen-bond donors (Lipinski definition) is 1. The van der Waals surface area contributed by atoms with Crippen molar-refractivity contribution in [3.8, 4) is 6.07 Å². The zero-order valence-corrected chi connectivity index (χ0v) is 8.95. The van der Waals surface area contributed by atoms with Gasteiger partial charge in [-0.1, -0.05) is 29.8 Å². The van der Waals surface area contributed by atoms with Gasteiger partial charge in [-0.25, -0.2) is 0 Å². The first-order chi connectivity index (χ1) is 6.99. The molecule has 0 aliphatic heterocycles. The summed E-state index contributed by atoms with van der Waals surface area (Å²) < 4.78 is 0. The van der Waals surface area contributed by atoms with Crippen LogP contribution >= 0.6 is 11.6 Å². The fourth-order valence-corrected chi connectivity index (χ4v) is 1.39. The topological polar surface area (TPSA) is 61.1 Å². The zero-order valence-electron chi connectivity index (χ0n) is 8.20. The molecule has 15 heavy (non-hydrogen) atoms. The van der Waals surface area contributed by atoms with Gasteiger partial charge in [-0.05, 0) is 18.6 Å². The summed E-state index contributed by atoms with van der Waals surface area (Å²) in [5, 5.41) is 18.2. The molecule has 0 unspecified atom stereocenters. The van der Waals surface area contributed by atoms with Crippen molar-refractivity contribution in [3.63, 3.8) is 0 Å². The fourth-order valence-electron chi connectivity index (χ4n) is 1.19. The van der Waals surface area contributed by atoms with Crippen LogP contribution in [0.1, 0.15) is 12.5 Å². The van der Waals surface area contributed by atoms with Gasteiger partial charge in [-0.2, -0.15) is 5.26 Å². The molecule has 1 rings (SSSR count). The van der Waals surface area contributed by atoms with Crippen molar-refractivity contribution in [2.24, 2.45) is 5.41 Å². The molecular formula is C11H10ClNO2. The molecule has 0 heterocycles. The number of halogens is 1. The van der Waals surface area contributed by atoms with Crippen LogP contribution in [0.15, 0.2) is 24.3 Å². The Balaban J connectivity index is 3.01. The third kappa shape index (κ3) is 2.48. The van der Waals surface area contributed by atoms with Gasteiger partial charge in [0.2, 0.25) is 0 Å². The minimum absolute atomic E-state index is 0.110. The van der Waals surface area contributed by atoms with Gasteiger partial charge in [0.15, 0.2) is 5.41 Å². The lowest BCUT2D eigenvalue weighted by atomic mass is 9.85. The maximum Gasteiger partial charge on any atom is 0.324 e. The summed E-state index contributed by atoms with van der Waals surface area (Å²) >= 11 is 5.89. The van der Waals surface area contributed by atoms with Crippen LogP contribution in [-0.2, 0) is 11.2 Å². The largest absolute Gasteiger partial charge is 0.480 e. The van der Waals surface area contributed by atoms with Crippen LogP contribution < -0.4 is 0 Å². The van der Waals surface area contributed by atoms with Crippen molar-refractivity contribution < 1.29 is 9.90 Å². The minimum Gasteiger partial charge on any atom is -0.480 e. The highest BCUT2D eigenvalue weighted by Gasteiger charge is 2.33. The lowest BCUT2D eigenvalue weighted by Gasteiger charge is -2.16. The SMILES string of the molecule is C[C@](C#N)(Cc1ccccc1Cl)C(=O)O. The van der Waals surface area contributed by atoms with Crippen LogP contribution in [0.5, 0.6) is 0 Å². The molecule has 4 heteroatoms. The number of carboxylic acid groups (broad SMARTS) is 1. The van der Waals surface area contributed by atoms with Crippen molar-refractivity contribution in [1.29, 1.82) is 5.26 Å². The maximum absolute atomic E-state index is 10.9. The predicted molar refractivity (Wildman–Crippen MR) is 56.5 cm³/mol. The van der Waals surface area contributed by atoms with E-state index in [0.717, 1.165) is 0 Å². The van der Waals surface area contributed by atoms with Crippen LogP contribution in [0.2, 0.25) is 5.02 Å². The number of nitriles is 1. The maximum atomic E-state index is 10.9. The molecule has 0 saturated heterocycles. The van der Waals surface area contributed by atoms with E-state index >= 15 is 0 Å².